The summed E-state index contributed by atoms with van der Waals surface area (Å²) in [5.41, 5.74) is 3.27. The second-order valence-electron chi connectivity index (χ2n) is 6.35. The molecule has 1 fully saturated rings. The van der Waals surface area contributed by atoms with Crippen LogP contribution >= 0.6 is 11.6 Å². The summed E-state index contributed by atoms with van der Waals surface area (Å²) in [6.45, 7) is -0.534. The summed E-state index contributed by atoms with van der Waals surface area (Å²) < 4.78 is 5.00. The average Bonchev–Trinajstić information content (AvgIpc) is 3.09. The average molecular weight is 416 g/mol. The number of rotatable bonds is 6. The minimum absolute atomic E-state index is 0.0254. The second-order valence-corrected chi connectivity index (χ2v) is 6.76. The molecule has 2 N–H and O–H groups in total. The van der Waals surface area contributed by atoms with Gasteiger partial charge >= 0.3 is 5.97 Å². The maximum Gasteiger partial charge on any atom is 0.311 e. The molecule has 0 spiro atoms. The number of carbonyl (C=O) groups is 4. The van der Waals surface area contributed by atoms with Crippen LogP contribution in [0.1, 0.15) is 16.8 Å². The maximum absolute atomic E-state index is 12.2. The van der Waals surface area contributed by atoms with Gasteiger partial charge in [-0.15, -0.1) is 0 Å². The van der Waals surface area contributed by atoms with E-state index in [4.69, 9.17) is 16.3 Å². The molecule has 1 aliphatic rings. The van der Waals surface area contributed by atoms with Gasteiger partial charge in [-0.25, -0.2) is 0 Å². The van der Waals surface area contributed by atoms with Gasteiger partial charge in [-0.2, -0.15) is 0 Å². The van der Waals surface area contributed by atoms with Gasteiger partial charge in [0, 0.05) is 12.0 Å². The zero-order valence-electron chi connectivity index (χ0n) is 15.3. The highest BCUT2D eigenvalue weighted by Gasteiger charge is 2.36. The fraction of sp³-hybridized carbons (Fsp3) is 0.200. The largest absolute Gasteiger partial charge is 0.455 e. The van der Waals surface area contributed by atoms with E-state index in [0.717, 1.165) is 5.01 Å². The molecule has 1 saturated heterocycles. The van der Waals surface area contributed by atoms with Gasteiger partial charge in [-0.3, -0.25) is 29.6 Å². The molecule has 0 bridgehead atoms. The molecule has 1 atom stereocenters. The highest BCUT2D eigenvalue weighted by molar-refractivity contribution is 6.33. The molecule has 0 saturated carbocycles. The SMILES string of the molecule is O=C(COC(=O)[C@H]1CC(=O)N(NC(=O)c2ccccc2)C1)Nc1ccccc1Cl. The number of ether oxygens (including phenoxy) is 1. The molecule has 1 heterocycles. The number of anilines is 1. The molecule has 2 aromatic rings. The van der Waals surface area contributed by atoms with Crippen LogP contribution in [0, 0.1) is 5.92 Å². The normalized spacial score (nSPS) is 15.7. The van der Waals surface area contributed by atoms with Crippen molar-refractivity contribution in [2.75, 3.05) is 18.5 Å². The molecular weight excluding hydrogens is 398 g/mol. The zero-order chi connectivity index (χ0) is 20.8. The smallest absolute Gasteiger partial charge is 0.311 e. The Morgan fingerprint density at radius 1 is 1.07 bits per heavy atom. The van der Waals surface area contributed by atoms with Crippen molar-refractivity contribution in [2.24, 2.45) is 5.92 Å². The van der Waals surface area contributed by atoms with Gasteiger partial charge in [-0.05, 0) is 24.3 Å². The monoisotopic (exact) mass is 415 g/mol. The minimum atomic E-state index is -0.772. The fourth-order valence-electron chi connectivity index (χ4n) is 2.75. The lowest BCUT2D eigenvalue weighted by Gasteiger charge is -2.17. The number of nitrogens with one attached hydrogen (secondary N) is 2. The summed E-state index contributed by atoms with van der Waals surface area (Å²) in [4.78, 5) is 48.4. The number of hydrazine groups is 1. The van der Waals surface area contributed by atoms with Crippen LogP contribution in [0.2, 0.25) is 5.02 Å². The number of halogens is 1. The predicted molar refractivity (Wildman–Crippen MR) is 105 cm³/mol. The standard InChI is InChI=1S/C20H18ClN3O5/c21-15-8-4-5-9-16(15)22-17(25)12-29-20(28)14-10-18(26)24(11-14)23-19(27)13-6-2-1-3-7-13/h1-9,14H,10-12H2,(H,22,25)(H,23,27)/t14-/m0/s1. The molecule has 29 heavy (non-hydrogen) atoms. The van der Waals surface area contributed by atoms with E-state index in [-0.39, 0.29) is 13.0 Å². The van der Waals surface area contributed by atoms with Crippen molar-refractivity contribution in [3.8, 4) is 0 Å². The Hall–Kier alpha value is -3.39. The lowest BCUT2D eigenvalue weighted by atomic mass is 10.1. The Balaban J connectivity index is 1.48. The van der Waals surface area contributed by atoms with E-state index < -0.39 is 36.2 Å². The number of nitrogens with zero attached hydrogens (tertiary/aromatic N) is 1. The van der Waals surface area contributed by atoms with E-state index in [1.165, 1.54) is 0 Å². The topological polar surface area (TPSA) is 105 Å². The zero-order valence-corrected chi connectivity index (χ0v) is 16.0. The first-order valence-corrected chi connectivity index (χ1v) is 9.19. The summed E-state index contributed by atoms with van der Waals surface area (Å²) in [7, 11) is 0. The van der Waals surface area contributed by atoms with Crippen LogP contribution < -0.4 is 10.7 Å². The summed E-state index contributed by atoms with van der Waals surface area (Å²) >= 11 is 5.95. The molecule has 1 aliphatic heterocycles. The molecule has 9 heteroatoms. The maximum atomic E-state index is 12.2. The van der Waals surface area contributed by atoms with Crippen LogP contribution in [-0.4, -0.2) is 41.9 Å². The molecule has 0 radical (unpaired) electrons. The van der Waals surface area contributed by atoms with Gasteiger partial charge < -0.3 is 10.1 Å². The predicted octanol–water partition coefficient (Wildman–Crippen LogP) is 2.02. The Morgan fingerprint density at radius 2 is 1.76 bits per heavy atom. The first kappa shape index (κ1) is 20.3. The number of benzene rings is 2. The van der Waals surface area contributed by atoms with E-state index in [2.05, 4.69) is 10.7 Å². The summed E-state index contributed by atoms with van der Waals surface area (Å²) in [6, 6.07) is 15.1. The van der Waals surface area contributed by atoms with Gasteiger partial charge in [-0.1, -0.05) is 41.9 Å². The van der Waals surface area contributed by atoms with Crippen molar-refractivity contribution < 1.29 is 23.9 Å². The molecule has 3 rings (SSSR count). The third-order valence-electron chi connectivity index (χ3n) is 4.22. The van der Waals surface area contributed by atoms with Crippen molar-refractivity contribution >= 4 is 41.0 Å². The Bertz CT molecular complexity index is 935. The summed E-state index contributed by atoms with van der Waals surface area (Å²) in [5, 5.41) is 3.98. The molecule has 2 aromatic carbocycles. The first-order valence-electron chi connectivity index (χ1n) is 8.81. The summed E-state index contributed by atoms with van der Waals surface area (Å²) in [6.07, 6.45) is -0.111. The van der Waals surface area contributed by atoms with E-state index in [0.29, 0.717) is 16.3 Å². The number of hydrogen-bond donors (Lipinski definition) is 2. The van der Waals surface area contributed by atoms with Crippen LogP contribution in [0.4, 0.5) is 5.69 Å². The number of esters is 1. The number of hydrogen-bond acceptors (Lipinski definition) is 5. The fourth-order valence-corrected chi connectivity index (χ4v) is 2.94. The first-order chi connectivity index (χ1) is 13.9. The third kappa shape index (κ3) is 5.32. The molecule has 8 nitrogen and oxygen atoms in total. The molecule has 150 valence electrons. The second kappa shape index (κ2) is 9.20. The van der Waals surface area contributed by atoms with Gasteiger partial charge in [0.05, 0.1) is 23.2 Å². The van der Waals surface area contributed by atoms with Crippen LogP contribution in [0.25, 0.3) is 0 Å². The highest BCUT2D eigenvalue weighted by atomic mass is 35.5. The van der Waals surface area contributed by atoms with E-state index in [1.54, 1.807) is 54.6 Å². The molecule has 0 aliphatic carbocycles. The Labute approximate surface area is 171 Å². The van der Waals surface area contributed by atoms with Crippen molar-refractivity contribution in [3.63, 3.8) is 0 Å². The Morgan fingerprint density at radius 3 is 2.48 bits per heavy atom. The molecular formula is C20H18ClN3O5. The third-order valence-corrected chi connectivity index (χ3v) is 4.55. The van der Waals surface area contributed by atoms with Crippen molar-refractivity contribution in [2.45, 2.75) is 6.42 Å². The lowest BCUT2D eigenvalue weighted by Crippen LogP contribution is -2.43. The van der Waals surface area contributed by atoms with Gasteiger partial charge in [0.1, 0.15) is 0 Å². The molecule has 0 unspecified atom stereocenters. The Kier molecular flexibility index (Phi) is 6.46. The lowest BCUT2D eigenvalue weighted by molar-refractivity contribution is -0.151. The van der Waals surface area contributed by atoms with E-state index >= 15 is 0 Å². The summed E-state index contributed by atoms with van der Waals surface area (Å²) in [5.74, 6) is -2.87. The quantitative estimate of drug-likeness (QED) is 0.702. The van der Waals surface area contributed by atoms with E-state index in [9.17, 15) is 19.2 Å². The van der Waals surface area contributed by atoms with E-state index in [1.807, 2.05) is 0 Å². The van der Waals surface area contributed by atoms with Crippen LogP contribution in [0.15, 0.2) is 54.6 Å². The van der Waals surface area contributed by atoms with Crippen molar-refractivity contribution in [3.05, 3.63) is 65.2 Å². The van der Waals surface area contributed by atoms with Gasteiger partial charge in [0.2, 0.25) is 5.91 Å². The molecule has 3 amide bonds. The minimum Gasteiger partial charge on any atom is -0.455 e. The van der Waals surface area contributed by atoms with Gasteiger partial charge in [0.25, 0.3) is 11.8 Å². The number of carbonyl (C=O) groups excluding carboxylic acids is 4. The number of amides is 3. The van der Waals surface area contributed by atoms with Crippen LogP contribution in [0.5, 0.6) is 0 Å². The van der Waals surface area contributed by atoms with Crippen LogP contribution in [0.3, 0.4) is 0 Å². The molecule has 0 aromatic heterocycles. The van der Waals surface area contributed by atoms with Crippen molar-refractivity contribution in [1.29, 1.82) is 0 Å². The van der Waals surface area contributed by atoms with Crippen molar-refractivity contribution in [1.82, 2.24) is 10.4 Å². The highest BCUT2D eigenvalue weighted by Crippen LogP contribution is 2.21. The van der Waals surface area contributed by atoms with Gasteiger partial charge in [0.15, 0.2) is 6.61 Å². The van der Waals surface area contributed by atoms with Crippen LogP contribution in [-0.2, 0) is 19.1 Å². The number of para-hydroxylation sites is 1.